The molecule has 1 amide bonds. The van der Waals surface area contributed by atoms with E-state index >= 15 is 0 Å². The minimum Gasteiger partial charge on any atom is -0.473 e. The fourth-order valence-electron chi connectivity index (χ4n) is 4.28. The van der Waals surface area contributed by atoms with E-state index in [9.17, 15) is 4.79 Å². The zero-order chi connectivity index (χ0) is 22.4. The molecule has 1 atom stereocenters. The van der Waals surface area contributed by atoms with Gasteiger partial charge in [0.05, 0.1) is 0 Å². The van der Waals surface area contributed by atoms with E-state index in [1.807, 2.05) is 6.07 Å². The number of nitrogens with zero attached hydrogens (tertiary/aromatic N) is 2. The molecule has 0 radical (unpaired) electrons. The molecule has 2 fully saturated rings. The quantitative estimate of drug-likeness (QED) is 0.695. The number of carboxylic acids is 2. The number of piperidine rings is 2. The maximum Gasteiger partial charge on any atom is 0.414 e. The Bertz CT molecular complexity index is 793. The van der Waals surface area contributed by atoms with E-state index in [4.69, 9.17) is 29.3 Å². The van der Waals surface area contributed by atoms with Crippen molar-refractivity contribution in [2.45, 2.75) is 39.2 Å². The Morgan fingerprint density at radius 3 is 2.32 bits per heavy atom. The predicted molar refractivity (Wildman–Crippen MR) is 111 cm³/mol. The highest BCUT2D eigenvalue weighted by atomic mass is 16.7. The number of carboxylic acid groups (broad SMARTS) is 2. The number of amides is 1. The highest BCUT2D eigenvalue weighted by Crippen LogP contribution is 2.33. The number of hydrogen-bond donors (Lipinski definition) is 2. The van der Waals surface area contributed by atoms with Crippen LogP contribution in [0.1, 0.15) is 38.2 Å². The number of benzene rings is 1. The zero-order valence-electron chi connectivity index (χ0n) is 17.8. The van der Waals surface area contributed by atoms with Crippen LogP contribution in [0.5, 0.6) is 11.5 Å². The SMILES string of the molecule is CC1CCCN(C(=O)C2CCN(Cc3ccc4c(c3)OCO4)CC2)C1.O=C(O)C(=O)O. The van der Waals surface area contributed by atoms with E-state index in [1.54, 1.807) is 0 Å². The molecular weight excluding hydrogens is 404 g/mol. The lowest BCUT2D eigenvalue weighted by atomic mass is 9.92. The third-order valence-corrected chi connectivity index (χ3v) is 5.93. The molecule has 0 aliphatic carbocycles. The molecule has 9 nitrogen and oxygen atoms in total. The molecule has 3 aliphatic rings. The van der Waals surface area contributed by atoms with Crippen molar-refractivity contribution in [1.29, 1.82) is 0 Å². The van der Waals surface area contributed by atoms with Crippen LogP contribution in [0.3, 0.4) is 0 Å². The summed E-state index contributed by atoms with van der Waals surface area (Å²) in [5.74, 6) is -0.688. The maximum absolute atomic E-state index is 12.8. The molecule has 0 spiro atoms. The lowest BCUT2D eigenvalue weighted by molar-refractivity contribution is -0.159. The fourth-order valence-corrected chi connectivity index (χ4v) is 4.28. The van der Waals surface area contributed by atoms with Crippen LogP contribution in [0.2, 0.25) is 0 Å². The Morgan fingerprint density at radius 1 is 1.00 bits per heavy atom. The fraction of sp³-hybridized carbons (Fsp3) is 0.591. The molecule has 170 valence electrons. The summed E-state index contributed by atoms with van der Waals surface area (Å²) in [6.45, 7) is 7.40. The van der Waals surface area contributed by atoms with Gasteiger partial charge in [0.2, 0.25) is 12.7 Å². The first-order valence-corrected chi connectivity index (χ1v) is 10.7. The first-order chi connectivity index (χ1) is 14.8. The van der Waals surface area contributed by atoms with Crippen LogP contribution in [0.25, 0.3) is 0 Å². The lowest BCUT2D eigenvalue weighted by Crippen LogP contribution is -2.45. The molecule has 3 heterocycles. The van der Waals surface area contributed by atoms with Crippen molar-refractivity contribution in [2.24, 2.45) is 11.8 Å². The average Bonchev–Trinajstić information content (AvgIpc) is 3.22. The standard InChI is InChI=1S/C20H28N2O3.C2H2O4/c1-15-3-2-8-22(12-15)20(23)17-6-9-21(10-7-17)13-16-4-5-18-19(11-16)25-14-24-18;3-1(4)2(5)6/h4-5,11,15,17H,2-3,6-10,12-14H2,1H3;(H,3,4)(H,5,6). The van der Waals surface area contributed by atoms with Gasteiger partial charge in [0.15, 0.2) is 11.5 Å². The maximum atomic E-state index is 12.8. The number of hydrogen-bond acceptors (Lipinski definition) is 6. The minimum atomic E-state index is -1.82. The molecule has 1 unspecified atom stereocenters. The number of aliphatic carboxylic acids is 2. The normalized spacial score (nSPS) is 21.2. The number of rotatable bonds is 3. The molecule has 0 aromatic heterocycles. The number of likely N-dealkylation sites (tertiary alicyclic amines) is 2. The van der Waals surface area contributed by atoms with Crippen LogP contribution in [-0.4, -0.2) is 70.8 Å². The molecular formula is C22H30N2O7. The molecule has 1 aromatic rings. The largest absolute Gasteiger partial charge is 0.473 e. The van der Waals surface area contributed by atoms with Crippen LogP contribution >= 0.6 is 0 Å². The minimum absolute atomic E-state index is 0.221. The Kier molecular flexibility index (Phi) is 7.73. The Balaban J connectivity index is 0.000000401. The molecule has 2 N–H and O–H groups in total. The smallest absolute Gasteiger partial charge is 0.414 e. The number of ether oxygens (including phenoxy) is 2. The van der Waals surface area contributed by atoms with Gasteiger partial charge in [-0.2, -0.15) is 0 Å². The summed E-state index contributed by atoms with van der Waals surface area (Å²) in [5, 5.41) is 14.8. The average molecular weight is 434 g/mol. The second-order valence-corrected chi connectivity index (χ2v) is 8.38. The first-order valence-electron chi connectivity index (χ1n) is 10.7. The van der Waals surface area contributed by atoms with Crippen molar-refractivity contribution in [2.75, 3.05) is 33.0 Å². The third-order valence-electron chi connectivity index (χ3n) is 5.93. The second kappa shape index (κ2) is 10.5. The highest BCUT2D eigenvalue weighted by Gasteiger charge is 2.30. The van der Waals surface area contributed by atoms with Crippen molar-refractivity contribution in [1.82, 2.24) is 9.80 Å². The van der Waals surface area contributed by atoms with Crippen molar-refractivity contribution < 1.29 is 34.1 Å². The molecule has 4 rings (SSSR count). The van der Waals surface area contributed by atoms with Gasteiger partial charge in [0.1, 0.15) is 0 Å². The Morgan fingerprint density at radius 2 is 1.68 bits per heavy atom. The van der Waals surface area contributed by atoms with Crippen LogP contribution in [0, 0.1) is 11.8 Å². The van der Waals surface area contributed by atoms with Gasteiger partial charge in [-0.1, -0.05) is 13.0 Å². The van der Waals surface area contributed by atoms with Crippen LogP contribution in [-0.2, 0) is 20.9 Å². The van der Waals surface area contributed by atoms with Crippen LogP contribution < -0.4 is 9.47 Å². The predicted octanol–water partition coefficient (Wildman–Crippen LogP) is 2.04. The monoisotopic (exact) mass is 434 g/mol. The van der Waals surface area contributed by atoms with E-state index < -0.39 is 11.9 Å². The van der Waals surface area contributed by atoms with Gasteiger partial charge in [-0.05, 0) is 62.4 Å². The van der Waals surface area contributed by atoms with Gasteiger partial charge in [0, 0.05) is 25.6 Å². The van der Waals surface area contributed by atoms with E-state index in [2.05, 4.69) is 28.9 Å². The van der Waals surface area contributed by atoms with Gasteiger partial charge in [-0.25, -0.2) is 9.59 Å². The first kappa shape index (κ1) is 22.9. The van der Waals surface area contributed by atoms with Crippen LogP contribution in [0.4, 0.5) is 0 Å². The topological polar surface area (TPSA) is 117 Å². The number of carbonyl (C=O) groups is 3. The summed E-state index contributed by atoms with van der Waals surface area (Å²) in [6.07, 6.45) is 4.39. The second-order valence-electron chi connectivity index (χ2n) is 8.38. The molecule has 0 saturated carbocycles. The van der Waals surface area contributed by atoms with Gasteiger partial charge in [-0.3, -0.25) is 9.69 Å². The summed E-state index contributed by atoms with van der Waals surface area (Å²) in [4.78, 5) is 35.5. The summed E-state index contributed by atoms with van der Waals surface area (Å²) >= 11 is 0. The zero-order valence-corrected chi connectivity index (χ0v) is 17.8. The Labute approximate surface area is 181 Å². The third kappa shape index (κ3) is 6.33. The lowest BCUT2D eigenvalue weighted by Gasteiger charge is -2.37. The summed E-state index contributed by atoms with van der Waals surface area (Å²) in [6, 6.07) is 6.18. The van der Waals surface area contributed by atoms with Gasteiger partial charge < -0.3 is 24.6 Å². The van der Waals surface area contributed by atoms with Crippen LogP contribution in [0.15, 0.2) is 18.2 Å². The molecule has 9 heteroatoms. The molecule has 2 saturated heterocycles. The summed E-state index contributed by atoms with van der Waals surface area (Å²) in [7, 11) is 0. The summed E-state index contributed by atoms with van der Waals surface area (Å²) in [5.41, 5.74) is 1.25. The summed E-state index contributed by atoms with van der Waals surface area (Å²) < 4.78 is 10.8. The van der Waals surface area contributed by atoms with Crippen molar-refractivity contribution in [3.05, 3.63) is 23.8 Å². The van der Waals surface area contributed by atoms with Gasteiger partial charge in [-0.15, -0.1) is 0 Å². The van der Waals surface area contributed by atoms with Gasteiger partial charge in [0.25, 0.3) is 0 Å². The van der Waals surface area contributed by atoms with E-state index in [0.29, 0.717) is 18.6 Å². The molecule has 31 heavy (non-hydrogen) atoms. The van der Waals surface area contributed by atoms with Gasteiger partial charge >= 0.3 is 11.9 Å². The van der Waals surface area contributed by atoms with Crippen molar-refractivity contribution in [3.63, 3.8) is 0 Å². The Hall–Kier alpha value is -2.81. The number of fused-ring (bicyclic) bond motifs is 1. The van der Waals surface area contributed by atoms with E-state index in [1.165, 1.54) is 12.0 Å². The molecule has 0 bridgehead atoms. The van der Waals surface area contributed by atoms with Crippen molar-refractivity contribution in [3.8, 4) is 11.5 Å². The van der Waals surface area contributed by atoms with E-state index in [0.717, 1.165) is 63.5 Å². The highest BCUT2D eigenvalue weighted by molar-refractivity contribution is 6.27. The van der Waals surface area contributed by atoms with Crippen molar-refractivity contribution >= 4 is 17.8 Å². The number of carbonyl (C=O) groups excluding carboxylic acids is 1. The molecule has 1 aromatic carbocycles. The molecule has 3 aliphatic heterocycles. The van der Waals surface area contributed by atoms with E-state index in [-0.39, 0.29) is 5.92 Å².